The van der Waals surface area contributed by atoms with Crippen LogP contribution >= 0.6 is 0 Å². The highest BCUT2D eigenvalue weighted by molar-refractivity contribution is 4.84. The maximum Gasteiger partial charge on any atom is 0.0507 e. The molecular formula is C12H24N2O. The van der Waals surface area contributed by atoms with Crippen molar-refractivity contribution in [2.75, 3.05) is 39.4 Å². The van der Waals surface area contributed by atoms with Gasteiger partial charge in [0, 0.05) is 32.3 Å². The molecule has 1 saturated carbocycles. The van der Waals surface area contributed by atoms with E-state index >= 15 is 0 Å². The van der Waals surface area contributed by atoms with Gasteiger partial charge in [-0.25, -0.2) is 0 Å². The first-order chi connectivity index (χ1) is 7.40. The topological polar surface area (TPSA) is 24.5 Å². The predicted molar refractivity (Wildman–Crippen MR) is 62.1 cm³/mol. The second-order valence-electron chi connectivity index (χ2n) is 4.79. The van der Waals surface area contributed by atoms with E-state index in [0.29, 0.717) is 0 Å². The first kappa shape index (κ1) is 11.4. The lowest BCUT2D eigenvalue weighted by molar-refractivity contribution is 0.185. The first-order valence-electron chi connectivity index (χ1n) is 6.42. The zero-order valence-electron chi connectivity index (χ0n) is 9.87. The molecule has 1 atom stereocenters. The summed E-state index contributed by atoms with van der Waals surface area (Å²) in [7, 11) is 0. The Hall–Kier alpha value is -0.120. The van der Waals surface area contributed by atoms with Gasteiger partial charge < -0.3 is 10.1 Å². The fourth-order valence-corrected chi connectivity index (χ4v) is 2.31. The minimum Gasteiger partial charge on any atom is -0.381 e. The lowest BCUT2D eigenvalue weighted by Crippen LogP contribution is -2.35. The van der Waals surface area contributed by atoms with Gasteiger partial charge in [0.2, 0.25) is 0 Å². The standard InChI is InChI=1S/C12H24N2O/c1-2-14(12-3-4-12)7-6-13-9-11-5-8-15-10-11/h11-13H,2-10H2,1H3. The van der Waals surface area contributed by atoms with Crippen molar-refractivity contribution in [2.45, 2.75) is 32.2 Å². The van der Waals surface area contributed by atoms with E-state index in [1.165, 1.54) is 32.4 Å². The molecule has 3 heteroatoms. The molecule has 0 aromatic rings. The van der Waals surface area contributed by atoms with Crippen molar-refractivity contribution < 1.29 is 4.74 Å². The van der Waals surface area contributed by atoms with Crippen LogP contribution in [0.4, 0.5) is 0 Å². The van der Waals surface area contributed by atoms with Gasteiger partial charge in [-0.05, 0) is 31.7 Å². The van der Waals surface area contributed by atoms with E-state index < -0.39 is 0 Å². The highest BCUT2D eigenvalue weighted by Crippen LogP contribution is 2.25. The van der Waals surface area contributed by atoms with E-state index in [1.54, 1.807) is 0 Å². The van der Waals surface area contributed by atoms with Crippen LogP contribution in [0.2, 0.25) is 0 Å². The van der Waals surface area contributed by atoms with Crippen molar-refractivity contribution in [1.82, 2.24) is 10.2 Å². The molecule has 1 unspecified atom stereocenters. The Kier molecular flexibility index (Phi) is 4.42. The molecule has 0 bridgehead atoms. The van der Waals surface area contributed by atoms with Crippen LogP contribution < -0.4 is 5.32 Å². The van der Waals surface area contributed by atoms with Gasteiger partial charge in [0.1, 0.15) is 0 Å². The monoisotopic (exact) mass is 212 g/mol. The van der Waals surface area contributed by atoms with E-state index in [0.717, 1.165) is 38.3 Å². The molecule has 1 heterocycles. The van der Waals surface area contributed by atoms with E-state index in [9.17, 15) is 0 Å². The SMILES string of the molecule is CCN(CCNCC1CCOC1)C1CC1. The van der Waals surface area contributed by atoms with Crippen molar-refractivity contribution in [1.29, 1.82) is 0 Å². The Morgan fingerprint density at radius 1 is 1.33 bits per heavy atom. The smallest absolute Gasteiger partial charge is 0.0507 e. The molecule has 0 aromatic heterocycles. The third-order valence-electron chi connectivity index (χ3n) is 3.50. The van der Waals surface area contributed by atoms with Crippen LogP contribution in [0.5, 0.6) is 0 Å². The van der Waals surface area contributed by atoms with Crippen molar-refractivity contribution in [3.8, 4) is 0 Å². The van der Waals surface area contributed by atoms with Gasteiger partial charge in [-0.1, -0.05) is 6.92 Å². The number of hydrogen-bond donors (Lipinski definition) is 1. The van der Waals surface area contributed by atoms with E-state index in [-0.39, 0.29) is 0 Å². The molecule has 88 valence electrons. The normalized spacial score (nSPS) is 26.4. The number of ether oxygens (including phenoxy) is 1. The van der Waals surface area contributed by atoms with E-state index in [1.807, 2.05) is 0 Å². The minimum absolute atomic E-state index is 0.765. The predicted octanol–water partition coefficient (Wildman–Crippen LogP) is 1.10. The summed E-state index contributed by atoms with van der Waals surface area (Å²) in [5.41, 5.74) is 0. The quantitative estimate of drug-likeness (QED) is 0.640. The summed E-state index contributed by atoms with van der Waals surface area (Å²) in [6.45, 7) is 8.91. The summed E-state index contributed by atoms with van der Waals surface area (Å²) in [4.78, 5) is 2.60. The first-order valence-corrected chi connectivity index (χ1v) is 6.42. The Morgan fingerprint density at radius 2 is 2.20 bits per heavy atom. The summed E-state index contributed by atoms with van der Waals surface area (Å²) in [5, 5.41) is 3.55. The molecule has 3 nitrogen and oxygen atoms in total. The van der Waals surface area contributed by atoms with Crippen molar-refractivity contribution in [3.05, 3.63) is 0 Å². The second-order valence-corrected chi connectivity index (χ2v) is 4.79. The Bertz CT molecular complexity index is 176. The number of rotatable bonds is 7. The number of likely N-dealkylation sites (N-methyl/N-ethyl adjacent to an activating group) is 1. The maximum atomic E-state index is 5.35. The van der Waals surface area contributed by atoms with E-state index in [4.69, 9.17) is 4.74 Å². The fraction of sp³-hybridized carbons (Fsp3) is 1.00. The third kappa shape index (κ3) is 3.74. The van der Waals surface area contributed by atoms with Gasteiger partial charge in [-0.15, -0.1) is 0 Å². The second kappa shape index (κ2) is 5.83. The molecule has 0 spiro atoms. The van der Waals surface area contributed by atoms with Crippen molar-refractivity contribution >= 4 is 0 Å². The molecule has 15 heavy (non-hydrogen) atoms. The van der Waals surface area contributed by atoms with Crippen molar-refractivity contribution in [3.63, 3.8) is 0 Å². The van der Waals surface area contributed by atoms with Crippen LogP contribution in [0.25, 0.3) is 0 Å². The highest BCUT2D eigenvalue weighted by Gasteiger charge is 2.27. The maximum absolute atomic E-state index is 5.35. The highest BCUT2D eigenvalue weighted by atomic mass is 16.5. The largest absolute Gasteiger partial charge is 0.381 e. The summed E-state index contributed by atoms with van der Waals surface area (Å²) in [6.07, 6.45) is 4.09. The van der Waals surface area contributed by atoms with Crippen LogP contribution in [0.1, 0.15) is 26.2 Å². The lowest BCUT2D eigenvalue weighted by Gasteiger charge is -2.20. The van der Waals surface area contributed by atoms with Gasteiger partial charge in [0.25, 0.3) is 0 Å². The number of nitrogens with zero attached hydrogens (tertiary/aromatic N) is 1. The van der Waals surface area contributed by atoms with Crippen LogP contribution in [-0.4, -0.2) is 50.3 Å². The molecule has 1 aliphatic heterocycles. The fourth-order valence-electron chi connectivity index (χ4n) is 2.31. The average molecular weight is 212 g/mol. The molecule has 1 saturated heterocycles. The molecule has 1 aliphatic carbocycles. The Balaban J connectivity index is 1.49. The van der Waals surface area contributed by atoms with Gasteiger partial charge in [-0.2, -0.15) is 0 Å². The molecular weight excluding hydrogens is 188 g/mol. The third-order valence-corrected chi connectivity index (χ3v) is 3.50. The summed E-state index contributed by atoms with van der Waals surface area (Å²) < 4.78 is 5.35. The van der Waals surface area contributed by atoms with E-state index in [2.05, 4.69) is 17.1 Å². The summed E-state index contributed by atoms with van der Waals surface area (Å²) in [6, 6.07) is 0.909. The van der Waals surface area contributed by atoms with Crippen LogP contribution in [0.3, 0.4) is 0 Å². The number of hydrogen-bond acceptors (Lipinski definition) is 3. The van der Waals surface area contributed by atoms with Gasteiger partial charge in [0.15, 0.2) is 0 Å². The molecule has 2 aliphatic rings. The lowest BCUT2D eigenvalue weighted by atomic mass is 10.1. The van der Waals surface area contributed by atoms with Gasteiger partial charge >= 0.3 is 0 Å². The average Bonchev–Trinajstić information content (AvgIpc) is 2.95. The molecule has 0 radical (unpaired) electrons. The Labute approximate surface area is 93.2 Å². The van der Waals surface area contributed by atoms with Crippen LogP contribution in [0, 0.1) is 5.92 Å². The summed E-state index contributed by atoms with van der Waals surface area (Å²) in [5.74, 6) is 0.765. The van der Waals surface area contributed by atoms with Crippen molar-refractivity contribution in [2.24, 2.45) is 5.92 Å². The zero-order valence-corrected chi connectivity index (χ0v) is 9.87. The molecule has 2 rings (SSSR count). The van der Waals surface area contributed by atoms with Gasteiger partial charge in [-0.3, -0.25) is 4.90 Å². The van der Waals surface area contributed by atoms with Gasteiger partial charge in [0.05, 0.1) is 6.61 Å². The van der Waals surface area contributed by atoms with Crippen LogP contribution in [-0.2, 0) is 4.74 Å². The molecule has 1 N–H and O–H groups in total. The zero-order chi connectivity index (χ0) is 10.5. The van der Waals surface area contributed by atoms with Crippen LogP contribution in [0.15, 0.2) is 0 Å². The minimum atomic E-state index is 0.765. The molecule has 2 fully saturated rings. The molecule has 0 amide bonds. The Morgan fingerprint density at radius 3 is 2.80 bits per heavy atom. The number of nitrogens with one attached hydrogen (secondary N) is 1. The summed E-state index contributed by atoms with van der Waals surface area (Å²) >= 11 is 0. The molecule has 0 aromatic carbocycles.